The Bertz CT molecular complexity index is 1410. The first-order chi connectivity index (χ1) is 15.2. The molecule has 7 nitrogen and oxygen atoms in total. The number of carboxylic acid groups (broad SMARTS) is 1. The Balaban J connectivity index is 1.72. The molecule has 4 aromatic rings. The lowest BCUT2D eigenvalue weighted by molar-refractivity contribution is 0.0696. The average Bonchev–Trinajstić information content (AvgIpc) is 3.05. The molecule has 0 unspecified atom stereocenters. The number of fused-ring (bicyclic) bond motifs is 1. The number of pyridine rings is 1. The fourth-order valence-electron chi connectivity index (χ4n) is 3.47. The number of rotatable bonds is 4. The summed E-state index contributed by atoms with van der Waals surface area (Å²) in [6.07, 6.45) is 4.35. The summed E-state index contributed by atoms with van der Waals surface area (Å²) in [6, 6.07) is 11.9. The summed E-state index contributed by atoms with van der Waals surface area (Å²) in [5.74, 6) is -1.50. The highest BCUT2D eigenvalue weighted by Gasteiger charge is 2.12. The summed E-state index contributed by atoms with van der Waals surface area (Å²) >= 11 is 12.1. The Kier molecular flexibility index (Phi) is 5.78. The van der Waals surface area contributed by atoms with Crippen molar-refractivity contribution in [3.8, 4) is 0 Å². The third kappa shape index (κ3) is 4.26. The van der Waals surface area contributed by atoms with Crippen LogP contribution in [0.4, 0.5) is 0 Å². The van der Waals surface area contributed by atoms with Crippen molar-refractivity contribution >= 4 is 46.0 Å². The SMILES string of the molecule is Cc1cn(Cc2ccc(C(=O)O)cc2)c2cc(C(=O)N=c3c(Cl)cn(O)cc3Cl)ccc12. The summed E-state index contributed by atoms with van der Waals surface area (Å²) in [5, 5.41) is 19.7. The number of carboxylic acids is 1. The molecule has 0 radical (unpaired) electrons. The lowest BCUT2D eigenvalue weighted by atomic mass is 10.1. The molecule has 2 N–H and O–H groups in total. The molecule has 0 saturated carbocycles. The van der Waals surface area contributed by atoms with E-state index < -0.39 is 11.9 Å². The summed E-state index contributed by atoms with van der Waals surface area (Å²) in [6.45, 7) is 2.48. The zero-order valence-corrected chi connectivity index (χ0v) is 18.3. The first-order valence-electron chi connectivity index (χ1n) is 9.50. The van der Waals surface area contributed by atoms with Gasteiger partial charge >= 0.3 is 5.97 Å². The van der Waals surface area contributed by atoms with Crippen LogP contribution in [0.2, 0.25) is 10.0 Å². The van der Waals surface area contributed by atoms with Crippen LogP contribution < -0.4 is 5.36 Å². The highest BCUT2D eigenvalue weighted by molar-refractivity contribution is 6.34. The fraction of sp³-hybridized carbons (Fsp3) is 0.0870. The molecule has 0 aliphatic rings. The third-order valence-corrected chi connectivity index (χ3v) is 5.59. The van der Waals surface area contributed by atoms with Crippen LogP contribution in [0.5, 0.6) is 0 Å². The summed E-state index contributed by atoms with van der Waals surface area (Å²) < 4.78 is 2.69. The van der Waals surface area contributed by atoms with Crippen molar-refractivity contribution in [1.29, 1.82) is 0 Å². The van der Waals surface area contributed by atoms with Gasteiger partial charge in [-0.1, -0.05) is 41.4 Å². The smallest absolute Gasteiger partial charge is 0.335 e. The summed E-state index contributed by atoms with van der Waals surface area (Å²) in [4.78, 5) is 27.9. The maximum absolute atomic E-state index is 12.8. The van der Waals surface area contributed by atoms with Crippen molar-refractivity contribution in [1.82, 2.24) is 9.30 Å². The fourth-order valence-corrected chi connectivity index (χ4v) is 4.00. The summed E-state index contributed by atoms with van der Waals surface area (Å²) in [7, 11) is 0. The maximum Gasteiger partial charge on any atom is 0.335 e. The van der Waals surface area contributed by atoms with Gasteiger partial charge in [0.25, 0.3) is 5.91 Å². The minimum absolute atomic E-state index is 0.0402. The highest BCUT2D eigenvalue weighted by atomic mass is 35.5. The topological polar surface area (TPSA) is 96.8 Å². The number of carbonyl (C=O) groups is 2. The van der Waals surface area contributed by atoms with E-state index in [0.29, 0.717) is 16.8 Å². The molecule has 2 heterocycles. The van der Waals surface area contributed by atoms with Crippen molar-refractivity contribution < 1.29 is 19.9 Å². The van der Waals surface area contributed by atoms with E-state index in [9.17, 15) is 14.8 Å². The Morgan fingerprint density at radius 3 is 2.22 bits per heavy atom. The minimum atomic E-state index is -0.974. The van der Waals surface area contributed by atoms with Crippen LogP contribution in [0.25, 0.3) is 10.9 Å². The normalized spacial score (nSPS) is 11.0. The van der Waals surface area contributed by atoms with E-state index in [4.69, 9.17) is 28.3 Å². The monoisotopic (exact) mass is 469 g/mol. The molecule has 2 aromatic heterocycles. The van der Waals surface area contributed by atoms with Crippen LogP contribution in [0.15, 0.2) is 66.0 Å². The number of benzene rings is 2. The second-order valence-electron chi connectivity index (χ2n) is 7.27. The van der Waals surface area contributed by atoms with Crippen molar-refractivity contribution in [2.75, 3.05) is 0 Å². The molecule has 1 amide bonds. The first kappa shape index (κ1) is 21.7. The van der Waals surface area contributed by atoms with Gasteiger partial charge in [-0.2, -0.15) is 4.73 Å². The van der Waals surface area contributed by atoms with Crippen LogP contribution in [0.1, 0.15) is 31.8 Å². The molecule has 0 aliphatic heterocycles. The van der Waals surface area contributed by atoms with Gasteiger partial charge in [-0.15, -0.1) is 0 Å². The number of aromatic nitrogens is 2. The second kappa shape index (κ2) is 8.53. The second-order valence-corrected chi connectivity index (χ2v) is 8.09. The molecule has 0 spiro atoms. The predicted octanol–water partition coefficient (Wildman–Crippen LogP) is 4.78. The molecule has 0 bridgehead atoms. The Labute approximate surface area is 192 Å². The van der Waals surface area contributed by atoms with E-state index in [-0.39, 0.29) is 21.0 Å². The van der Waals surface area contributed by atoms with Gasteiger partial charge in [0, 0.05) is 29.2 Å². The van der Waals surface area contributed by atoms with Crippen molar-refractivity contribution in [3.63, 3.8) is 0 Å². The van der Waals surface area contributed by atoms with E-state index in [1.807, 2.05) is 23.8 Å². The molecule has 32 heavy (non-hydrogen) atoms. The van der Waals surface area contributed by atoms with Gasteiger partial charge in [0.2, 0.25) is 0 Å². The molecule has 0 saturated heterocycles. The van der Waals surface area contributed by atoms with Gasteiger partial charge in [-0.05, 0) is 42.3 Å². The number of carbonyl (C=O) groups excluding carboxylic acids is 1. The maximum atomic E-state index is 12.8. The number of hydrogen-bond donors (Lipinski definition) is 2. The zero-order valence-electron chi connectivity index (χ0n) is 16.8. The molecule has 0 fully saturated rings. The Hall–Kier alpha value is -3.55. The molecule has 0 aliphatic carbocycles. The van der Waals surface area contributed by atoms with Gasteiger partial charge in [-0.25, -0.2) is 9.79 Å². The number of amides is 1. The van der Waals surface area contributed by atoms with E-state index in [0.717, 1.165) is 22.0 Å². The molecular weight excluding hydrogens is 453 g/mol. The van der Waals surface area contributed by atoms with Gasteiger partial charge in [0.15, 0.2) is 0 Å². The van der Waals surface area contributed by atoms with E-state index >= 15 is 0 Å². The summed E-state index contributed by atoms with van der Waals surface area (Å²) in [5.41, 5.74) is 3.38. The number of aromatic carboxylic acids is 1. The van der Waals surface area contributed by atoms with E-state index in [2.05, 4.69) is 4.99 Å². The average molecular weight is 470 g/mol. The van der Waals surface area contributed by atoms with Crippen molar-refractivity contribution in [3.05, 3.63) is 98.7 Å². The van der Waals surface area contributed by atoms with Gasteiger partial charge in [0.1, 0.15) is 5.36 Å². The minimum Gasteiger partial charge on any atom is -0.478 e. The number of nitrogens with zero attached hydrogens (tertiary/aromatic N) is 3. The van der Waals surface area contributed by atoms with Gasteiger partial charge in [-0.3, -0.25) is 4.79 Å². The van der Waals surface area contributed by atoms with Crippen LogP contribution in [-0.2, 0) is 6.54 Å². The molecule has 4 rings (SSSR count). The molecule has 2 aromatic carbocycles. The Morgan fingerprint density at radius 2 is 1.59 bits per heavy atom. The lowest BCUT2D eigenvalue weighted by Crippen LogP contribution is -2.12. The zero-order chi connectivity index (χ0) is 23.0. The third-order valence-electron chi connectivity index (χ3n) is 5.04. The van der Waals surface area contributed by atoms with Crippen molar-refractivity contribution in [2.24, 2.45) is 4.99 Å². The highest BCUT2D eigenvalue weighted by Crippen LogP contribution is 2.24. The van der Waals surface area contributed by atoms with E-state index in [1.165, 1.54) is 12.4 Å². The van der Waals surface area contributed by atoms with Crippen LogP contribution >= 0.6 is 23.2 Å². The molecular formula is C23H17Cl2N3O4. The first-order valence-corrected chi connectivity index (χ1v) is 10.3. The number of halogens is 2. The quantitative estimate of drug-likeness (QED) is 0.420. The largest absolute Gasteiger partial charge is 0.478 e. The number of aryl methyl sites for hydroxylation is 1. The van der Waals surface area contributed by atoms with Crippen LogP contribution in [0.3, 0.4) is 0 Å². The van der Waals surface area contributed by atoms with Crippen LogP contribution in [-0.4, -0.2) is 31.5 Å². The molecule has 162 valence electrons. The van der Waals surface area contributed by atoms with Gasteiger partial charge in [0.05, 0.1) is 28.0 Å². The van der Waals surface area contributed by atoms with Gasteiger partial charge < -0.3 is 14.9 Å². The predicted molar refractivity (Wildman–Crippen MR) is 121 cm³/mol. The van der Waals surface area contributed by atoms with Crippen molar-refractivity contribution in [2.45, 2.75) is 13.5 Å². The number of hydrogen-bond acceptors (Lipinski definition) is 3. The lowest BCUT2D eigenvalue weighted by Gasteiger charge is -2.07. The van der Waals surface area contributed by atoms with Crippen LogP contribution in [0, 0.1) is 6.92 Å². The standard InChI is InChI=1S/C23H17Cl2N3O4/c1-13-9-27(10-14-2-4-15(5-3-14)23(30)31)20-8-16(6-7-17(13)20)22(29)26-21-18(24)11-28(32)12-19(21)25/h2-9,11-12,32H,10H2,1H3,(H,30,31). The van der Waals surface area contributed by atoms with E-state index in [1.54, 1.807) is 36.4 Å². The molecule has 0 atom stereocenters. The molecule has 9 heteroatoms. The Morgan fingerprint density at radius 1 is 0.969 bits per heavy atom.